The van der Waals surface area contributed by atoms with Crippen molar-refractivity contribution in [3.63, 3.8) is 0 Å². The van der Waals surface area contributed by atoms with E-state index in [1.807, 2.05) is 25.1 Å². The van der Waals surface area contributed by atoms with E-state index in [1.165, 1.54) is 5.56 Å². The molecule has 0 N–H and O–H groups in total. The van der Waals surface area contributed by atoms with Gasteiger partial charge in [-0.05, 0) is 30.5 Å². The van der Waals surface area contributed by atoms with Crippen LogP contribution in [-0.4, -0.2) is 5.38 Å². The van der Waals surface area contributed by atoms with Gasteiger partial charge in [-0.15, -0.1) is 11.6 Å². The van der Waals surface area contributed by atoms with Gasteiger partial charge in [0.1, 0.15) is 0 Å². The van der Waals surface area contributed by atoms with Crippen molar-refractivity contribution in [2.75, 3.05) is 0 Å². The predicted molar refractivity (Wildman–Crippen MR) is 55.2 cm³/mol. The van der Waals surface area contributed by atoms with Crippen LogP contribution in [0.3, 0.4) is 0 Å². The highest BCUT2D eigenvalue weighted by Crippen LogP contribution is 2.24. The van der Waals surface area contributed by atoms with Crippen LogP contribution < -0.4 is 0 Å². The van der Waals surface area contributed by atoms with E-state index in [4.69, 9.17) is 23.2 Å². The Hall–Kier alpha value is -0.200. The first-order chi connectivity index (χ1) is 5.61. The van der Waals surface area contributed by atoms with Crippen molar-refractivity contribution in [2.24, 2.45) is 0 Å². The summed E-state index contributed by atoms with van der Waals surface area (Å²) in [4.78, 5) is 0. The van der Waals surface area contributed by atoms with E-state index >= 15 is 0 Å². The summed E-state index contributed by atoms with van der Waals surface area (Å²) < 4.78 is 0. The lowest BCUT2D eigenvalue weighted by molar-refractivity contribution is 0.742. The summed E-state index contributed by atoms with van der Waals surface area (Å²) in [5.74, 6) is 0.352. The van der Waals surface area contributed by atoms with Crippen molar-refractivity contribution in [3.05, 3.63) is 34.9 Å². The Bertz CT molecular complexity index is 256. The minimum Gasteiger partial charge on any atom is -0.123 e. The molecule has 0 aromatic heterocycles. The molecule has 0 bridgehead atoms. The summed E-state index contributed by atoms with van der Waals surface area (Å²) in [6, 6.07) is 7.84. The first kappa shape index (κ1) is 9.88. The maximum atomic E-state index is 5.97. The lowest BCUT2D eigenvalue weighted by atomic mass is 9.99. The molecule has 0 saturated carbocycles. The minimum absolute atomic E-state index is 0.142. The van der Waals surface area contributed by atoms with Crippen LogP contribution in [0.1, 0.15) is 25.3 Å². The Morgan fingerprint density at radius 3 is 2.42 bits per heavy atom. The molecule has 1 rings (SSSR count). The van der Waals surface area contributed by atoms with Crippen LogP contribution in [0.2, 0.25) is 5.02 Å². The van der Waals surface area contributed by atoms with E-state index in [9.17, 15) is 0 Å². The maximum absolute atomic E-state index is 5.97. The summed E-state index contributed by atoms with van der Waals surface area (Å²) in [6.07, 6.45) is 0. The number of benzene rings is 1. The molecule has 0 aliphatic rings. The Kier molecular flexibility index (Phi) is 3.42. The summed E-state index contributed by atoms with van der Waals surface area (Å²) in [5.41, 5.74) is 1.20. The standard InChI is InChI=1S/C10H12Cl2/c1-7(8(2)11)9-4-3-5-10(12)6-9/h3-8H,1-2H3. The number of rotatable bonds is 2. The van der Waals surface area contributed by atoms with E-state index < -0.39 is 0 Å². The van der Waals surface area contributed by atoms with Crippen molar-refractivity contribution >= 4 is 23.2 Å². The van der Waals surface area contributed by atoms with Gasteiger partial charge in [0, 0.05) is 10.4 Å². The molecular formula is C10H12Cl2. The van der Waals surface area contributed by atoms with Gasteiger partial charge in [-0.2, -0.15) is 0 Å². The molecule has 0 fully saturated rings. The van der Waals surface area contributed by atoms with E-state index in [0.29, 0.717) is 5.92 Å². The van der Waals surface area contributed by atoms with E-state index in [2.05, 4.69) is 13.0 Å². The average molecular weight is 203 g/mol. The fourth-order valence-electron chi connectivity index (χ4n) is 1.06. The Labute approximate surface area is 83.5 Å². The lowest BCUT2D eigenvalue weighted by Gasteiger charge is -2.13. The predicted octanol–water partition coefficient (Wildman–Crippen LogP) is 4.07. The van der Waals surface area contributed by atoms with Gasteiger partial charge in [-0.3, -0.25) is 0 Å². The Morgan fingerprint density at radius 2 is 1.92 bits per heavy atom. The zero-order valence-corrected chi connectivity index (χ0v) is 8.73. The van der Waals surface area contributed by atoms with Crippen LogP contribution in [0, 0.1) is 0 Å². The van der Waals surface area contributed by atoms with Gasteiger partial charge in [0.05, 0.1) is 0 Å². The van der Waals surface area contributed by atoms with Crippen molar-refractivity contribution < 1.29 is 0 Å². The largest absolute Gasteiger partial charge is 0.123 e. The van der Waals surface area contributed by atoms with E-state index in [0.717, 1.165) is 5.02 Å². The molecule has 1 aromatic carbocycles. The normalized spacial score (nSPS) is 15.7. The minimum atomic E-state index is 0.142. The third-order valence-electron chi connectivity index (χ3n) is 2.06. The quantitative estimate of drug-likeness (QED) is 0.635. The number of halogens is 2. The second kappa shape index (κ2) is 4.15. The van der Waals surface area contributed by atoms with Crippen LogP contribution in [0.25, 0.3) is 0 Å². The van der Waals surface area contributed by atoms with Crippen molar-refractivity contribution in [3.8, 4) is 0 Å². The van der Waals surface area contributed by atoms with Gasteiger partial charge in [0.25, 0.3) is 0 Å². The van der Waals surface area contributed by atoms with Crippen LogP contribution in [0.4, 0.5) is 0 Å². The van der Waals surface area contributed by atoms with E-state index in [-0.39, 0.29) is 5.38 Å². The monoisotopic (exact) mass is 202 g/mol. The highest BCUT2D eigenvalue weighted by Gasteiger charge is 2.11. The smallest absolute Gasteiger partial charge is 0.0408 e. The van der Waals surface area contributed by atoms with Gasteiger partial charge in [0.15, 0.2) is 0 Å². The lowest BCUT2D eigenvalue weighted by Crippen LogP contribution is -2.04. The molecule has 0 radical (unpaired) electrons. The molecule has 12 heavy (non-hydrogen) atoms. The molecule has 66 valence electrons. The summed E-state index contributed by atoms with van der Waals surface area (Å²) in [6.45, 7) is 4.09. The molecule has 0 aliphatic heterocycles. The van der Waals surface area contributed by atoms with Crippen molar-refractivity contribution in [1.82, 2.24) is 0 Å². The summed E-state index contributed by atoms with van der Waals surface area (Å²) in [7, 11) is 0. The molecule has 1 aromatic rings. The average Bonchev–Trinajstić information content (AvgIpc) is 2.03. The van der Waals surface area contributed by atoms with Crippen molar-refractivity contribution in [2.45, 2.75) is 25.1 Å². The van der Waals surface area contributed by atoms with Crippen LogP contribution in [0.5, 0.6) is 0 Å². The second-order valence-corrected chi connectivity index (χ2v) is 4.15. The second-order valence-electron chi connectivity index (χ2n) is 3.02. The van der Waals surface area contributed by atoms with Gasteiger partial charge >= 0.3 is 0 Å². The van der Waals surface area contributed by atoms with Crippen LogP contribution in [0.15, 0.2) is 24.3 Å². The SMILES string of the molecule is CC(Cl)C(C)c1cccc(Cl)c1. The number of hydrogen-bond donors (Lipinski definition) is 0. The fourth-order valence-corrected chi connectivity index (χ4v) is 1.40. The number of hydrogen-bond acceptors (Lipinski definition) is 0. The number of alkyl halides is 1. The molecule has 0 heterocycles. The summed E-state index contributed by atoms with van der Waals surface area (Å²) in [5, 5.41) is 0.917. The highest BCUT2D eigenvalue weighted by molar-refractivity contribution is 6.30. The first-order valence-corrected chi connectivity index (χ1v) is 4.82. The molecule has 2 unspecified atom stereocenters. The zero-order chi connectivity index (χ0) is 9.14. The van der Waals surface area contributed by atoms with Gasteiger partial charge in [0.2, 0.25) is 0 Å². The fraction of sp³-hybridized carbons (Fsp3) is 0.400. The van der Waals surface area contributed by atoms with Crippen LogP contribution in [-0.2, 0) is 0 Å². The third-order valence-corrected chi connectivity index (χ3v) is 2.68. The molecule has 0 spiro atoms. The molecule has 0 aliphatic carbocycles. The molecule has 2 heteroatoms. The molecule has 0 amide bonds. The molecule has 0 nitrogen and oxygen atoms in total. The Balaban J connectivity index is 2.88. The molecule has 0 saturated heterocycles. The highest BCUT2D eigenvalue weighted by atomic mass is 35.5. The molecule has 2 atom stereocenters. The Morgan fingerprint density at radius 1 is 1.25 bits per heavy atom. The summed E-state index contributed by atoms with van der Waals surface area (Å²) >= 11 is 11.8. The van der Waals surface area contributed by atoms with Gasteiger partial charge in [-0.1, -0.05) is 30.7 Å². The van der Waals surface area contributed by atoms with E-state index in [1.54, 1.807) is 0 Å². The third kappa shape index (κ3) is 2.40. The maximum Gasteiger partial charge on any atom is 0.0408 e. The first-order valence-electron chi connectivity index (χ1n) is 4.01. The van der Waals surface area contributed by atoms with Gasteiger partial charge < -0.3 is 0 Å². The topological polar surface area (TPSA) is 0 Å². The van der Waals surface area contributed by atoms with Gasteiger partial charge in [-0.25, -0.2) is 0 Å². The van der Waals surface area contributed by atoms with Crippen molar-refractivity contribution in [1.29, 1.82) is 0 Å². The zero-order valence-electron chi connectivity index (χ0n) is 7.22. The van der Waals surface area contributed by atoms with Crippen LogP contribution >= 0.6 is 23.2 Å². The molecular weight excluding hydrogens is 191 g/mol.